The molecule has 0 unspecified atom stereocenters. The highest BCUT2D eigenvalue weighted by molar-refractivity contribution is 5.61. The minimum atomic E-state index is 0.568. The van der Waals surface area contributed by atoms with Crippen molar-refractivity contribution in [3.63, 3.8) is 0 Å². The lowest BCUT2D eigenvalue weighted by Crippen LogP contribution is -2.15. The fraction of sp³-hybridized carbons (Fsp3) is 0.565. The molecule has 134 valence electrons. The standard InChI is InChI=1S/C23H32N2/c1-3-5-7-19-10-14-21(15-11-19)23-24-16-22(17-25-23)20-12-8-18(6-4-2)9-13-20/h8-9,12-13,16-17,19,21H,3-7,10-11,14-15H2,1-2H3. The first-order valence-electron chi connectivity index (χ1n) is 10.2. The van der Waals surface area contributed by atoms with Gasteiger partial charge >= 0.3 is 0 Å². The van der Waals surface area contributed by atoms with E-state index in [9.17, 15) is 0 Å². The average molecular weight is 337 g/mol. The Kier molecular flexibility index (Phi) is 6.61. The van der Waals surface area contributed by atoms with E-state index >= 15 is 0 Å². The van der Waals surface area contributed by atoms with E-state index < -0.39 is 0 Å². The van der Waals surface area contributed by atoms with Gasteiger partial charge in [-0.15, -0.1) is 0 Å². The Hall–Kier alpha value is -1.70. The van der Waals surface area contributed by atoms with Crippen molar-refractivity contribution in [2.45, 2.75) is 77.6 Å². The van der Waals surface area contributed by atoms with Gasteiger partial charge in [0, 0.05) is 23.9 Å². The molecule has 1 saturated carbocycles. The van der Waals surface area contributed by atoms with Crippen LogP contribution in [0.2, 0.25) is 0 Å². The third-order valence-corrected chi connectivity index (χ3v) is 5.68. The second kappa shape index (κ2) is 9.12. The van der Waals surface area contributed by atoms with Crippen LogP contribution < -0.4 is 0 Å². The second-order valence-corrected chi connectivity index (χ2v) is 7.64. The Bertz CT molecular complexity index is 622. The summed E-state index contributed by atoms with van der Waals surface area (Å²) in [6.07, 6.45) is 15.7. The van der Waals surface area contributed by atoms with Crippen LogP contribution in [0.1, 0.15) is 82.5 Å². The lowest BCUT2D eigenvalue weighted by Gasteiger charge is -2.27. The Morgan fingerprint density at radius 2 is 1.52 bits per heavy atom. The van der Waals surface area contributed by atoms with Crippen LogP contribution in [-0.2, 0) is 6.42 Å². The van der Waals surface area contributed by atoms with Crippen LogP contribution in [0.5, 0.6) is 0 Å². The third kappa shape index (κ3) is 4.90. The molecule has 0 N–H and O–H groups in total. The Morgan fingerprint density at radius 1 is 0.840 bits per heavy atom. The highest BCUT2D eigenvalue weighted by Gasteiger charge is 2.23. The largest absolute Gasteiger partial charge is 0.240 e. The van der Waals surface area contributed by atoms with E-state index in [0.717, 1.165) is 23.7 Å². The molecule has 1 aliphatic carbocycles. The molecule has 0 aliphatic heterocycles. The second-order valence-electron chi connectivity index (χ2n) is 7.64. The van der Waals surface area contributed by atoms with Crippen LogP contribution >= 0.6 is 0 Å². The maximum atomic E-state index is 4.71. The lowest BCUT2D eigenvalue weighted by molar-refractivity contribution is 0.298. The number of nitrogens with zero attached hydrogens (tertiary/aromatic N) is 2. The van der Waals surface area contributed by atoms with Gasteiger partial charge in [0.05, 0.1) is 0 Å². The van der Waals surface area contributed by atoms with E-state index in [2.05, 4.69) is 38.1 Å². The molecule has 0 bridgehead atoms. The Labute approximate surface area is 153 Å². The van der Waals surface area contributed by atoms with Crippen LogP contribution in [0.15, 0.2) is 36.7 Å². The van der Waals surface area contributed by atoms with Gasteiger partial charge in [0.25, 0.3) is 0 Å². The topological polar surface area (TPSA) is 25.8 Å². The summed E-state index contributed by atoms with van der Waals surface area (Å²) < 4.78 is 0. The summed E-state index contributed by atoms with van der Waals surface area (Å²) >= 11 is 0. The molecule has 3 rings (SSSR count). The fourth-order valence-electron chi connectivity index (χ4n) is 4.05. The SMILES string of the molecule is CCCCC1CCC(c2ncc(-c3ccc(CCC)cc3)cn2)CC1. The highest BCUT2D eigenvalue weighted by Crippen LogP contribution is 2.36. The normalized spacial score (nSPS) is 20.6. The first-order valence-corrected chi connectivity index (χ1v) is 10.2. The van der Waals surface area contributed by atoms with Gasteiger partial charge in [0.15, 0.2) is 0 Å². The van der Waals surface area contributed by atoms with Crippen LogP contribution in [0.3, 0.4) is 0 Å². The molecule has 1 aromatic carbocycles. The number of hydrogen-bond donors (Lipinski definition) is 0. The van der Waals surface area contributed by atoms with Crippen molar-refractivity contribution < 1.29 is 0 Å². The average Bonchev–Trinajstić information content (AvgIpc) is 2.68. The van der Waals surface area contributed by atoms with Crippen molar-refractivity contribution in [2.24, 2.45) is 5.92 Å². The van der Waals surface area contributed by atoms with Gasteiger partial charge in [-0.2, -0.15) is 0 Å². The number of benzene rings is 1. The maximum absolute atomic E-state index is 4.71. The summed E-state index contributed by atoms with van der Waals surface area (Å²) in [5, 5.41) is 0. The van der Waals surface area contributed by atoms with Gasteiger partial charge in [-0.05, 0) is 49.1 Å². The molecular formula is C23H32N2. The van der Waals surface area contributed by atoms with E-state index in [1.54, 1.807) is 0 Å². The molecule has 2 aromatic rings. The smallest absolute Gasteiger partial charge is 0.131 e. The monoisotopic (exact) mass is 336 g/mol. The maximum Gasteiger partial charge on any atom is 0.131 e. The van der Waals surface area contributed by atoms with Gasteiger partial charge in [0.1, 0.15) is 5.82 Å². The Morgan fingerprint density at radius 3 is 2.12 bits per heavy atom. The summed E-state index contributed by atoms with van der Waals surface area (Å²) in [5.74, 6) is 2.57. The molecule has 2 heteroatoms. The van der Waals surface area contributed by atoms with Gasteiger partial charge in [-0.1, -0.05) is 63.8 Å². The van der Waals surface area contributed by atoms with Crippen LogP contribution in [0.4, 0.5) is 0 Å². The van der Waals surface area contributed by atoms with Crippen molar-refractivity contribution in [1.82, 2.24) is 9.97 Å². The fourth-order valence-corrected chi connectivity index (χ4v) is 4.05. The summed E-state index contributed by atoms with van der Waals surface area (Å²) in [5.41, 5.74) is 3.75. The first kappa shape index (κ1) is 18.1. The summed E-state index contributed by atoms with van der Waals surface area (Å²) in [4.78, 5) is 9.43. The molecular weight excluding hydrogens is 304 g/mol. The van der Waals surface area contributed by atoms with Crippen molar-refractivity contribution in [2.75, 3.05) is 0 Å². The number of hydrogen-bond acceptors (Lipinski definition) is 2. The minimum absolute atomic E-state index is 0.568. The number of rotatable bonds is 7. The van der Waals surface area contributed by atoms with E-state index in [0.29, 0.717) is 5.92 Å². The Balaban J connectivity index is 1.59. The zero-order chi connectivity index (χ0) is 17.5. The summed E-state index contributed by atoms with van der Waals surface area (Å²) in [6.45, 7) is 4.51. The van der Waals surface area contributed by atoms with E-state index in [1.807, 2.05) is 12.4 Å². The quantitative estimate of drug-likeness (QED) is 0.572. The van der Waals surface area contributed by atoms with Crippen molar-refractivity contribution >= 4 is 0 Å². The first-order chi connectivity index (χ1) is 12.3. The lowest BCUT2D eigenvalue weighted by atomic mass is 9.79. The van der Waals surface area contributed by atoms with Gasteiger partial charge in [-0.25, -0.2) is 9.97 Å². The third-order valence-electron chi connectivity index (χ3n) is 5.68. The zero-order valence-corrected chi connectivity index (χ0v) is 15.9. The number of aromatic nitrogens is 2. The van der Waals surface area contributed by atoms with Crippen LogP contribution in [-0.4, -0.2) is 9.97 Å². The van der Waals surface area contributed by atoms with E-state index in [1.165, 1.54) is 62.5 Å². The van der Waals surface area contributed by atoms with Crippen LogP contribution in [0, 0.1) is 5.92 Å². The van der Waals surface area contributed by atoms with Gasteiger partial charge in [-0.3, -0.25) is 0 Å². The predicted octanol–water partition coefficient (Wildman–Crippen LogP) is 6.56. The van der Waals surface area contributed by atoms with Gasteiger partial charge < -0.3 is 0 Å². The number of unbranched alkanes of at least 4 members (excludes halogenated alkanes) is 1. The molecule has 0 spiro atoms. The summed E-state index contributed by atoms with van der Waals surface area (Å²) in [6, 6.07) is 8.85. The molecule has 0 atom stereocenters. The van der Waals surface area contributed by atoms with Crippen molar-refractivity contribution in [3.8, 4) is 11.1 Å². The molecule has 25 heavy (non-hydrogen) atoms. The minimum Gasteiger partial charge on any atom is -0.240 e. The zero-order valence-electron chi connectivity index (χ0n) is 15.9. The molecule has 1 heterocycles. The molecule has 1 fully saturated rings. The molecule has 1 aromatic heterocycles. The van der Waals surface area contributed by atoms with Crippen molar-refractivity contribution in [1.29, 1.82) is 0 Å². The predicted molar refractivity (Wildman–Crippen MR) is 106 cm³/mol. The van der Waals surface area contributed by atoms with E-state index in [4.69, 9.17) is 9.97 Å². The van der Waals surface area contributed by atoms with Gasteiger partial charge in [0.2, 0.25) is 0 Å². The molecule has 1 aliphatic rings. The molecule has 0 amide bonds. The molecule has 0 radical (unpaired) electrons. The highest BCUT2D eigenvalue weighted by atomic mass is 14.9. The number of aryl methyl sites for hydroxylation is 1. The summed E-state index contributed by atoms with van der Waals surface area (Å²) in [7, 11) is 0. The van der Waals surface area contributed by atoms with E-state index in [-0.39, 0.29) is 0 Å². The molecule has 0 saturated heterocycles. The van der Waals surface area contributed by atoms with Crippen LogP contribution in [0.25, 0.3) is 11.1 Å². The molecule has 2 nitrogen and oxygen atoms in total. The van der Waals surface area contributed by atoms with Crippen molar-refractivity contribution in [3.05, 3.63) is 48.0 Å².